The smallest absolute Gasteiger partial charge is 0.408 e. The third-order valence-electron chi connectivity index (χ3n) is 6.13. The van der Waals surface area contributed by atoms with E-state index in [1.165, 1.54) is 4.90 Å². The van der Waals surface area contributed by atoms with Gasteiger partial charge in [-0.15, -0.1) is 0 Å². The van der Waals surface area contributed by atoms with Gasteiger partial charge in [0.2, 0.25) is 17.7 Å². The molecule has 0 spiro atoms. The van der Waals surface area contributed by atoms with Gasteiger partial charge in [-0.2, -0.15) is 0 Å². The quantitative estimate of drug-likeness (QED) is 0.417. The minimum absolute atomic E-state index is 0.211. The van der Waals surface area contributed by atoms with Gasteiger partial charge < -0.3 is 26.0 Å². The monoisotopic (exact) mass is 522 g/mol. The van der Waals surface area contributed by atoms with Gasteiger partial charge in [-0.25, -0.2) is 4.79 Å². The molecule has 0 radical (unpaired) electrons. The highest BCUT2D eigenvalue weighted by molar-refractivity contribution is 5.95. The number of alkyl carbamates (subject to hydrolysis) is 1. The van der Waals surface area contributed by atoms with E-state index in [9.17, 15) is 19.2 Å². The van der Waals surface area contributed by atoms with Gasteiger partial charge in [0, 0.05) is 12.6 Å². The molecule has 1 saturated carbocycles. The zero-order chi connectivity index (χ0) is 27.9. The zero-order valence-corrected chi connectivity index (χ0v) is 22.5. The van der Waals surface area contributed by atoms with Crippen LogP contribution in [0, 0.1) is 0 Å². The molecule has 204 valence electrons. The van der Waals surface area contributed by atoms with E-state index >= 15 is 0 Å². The summed E-state index contributed by atoms with van der Waals surface area (Å²) in [7, 11) is 0. The summed E-state index contributed by atoms with van der Waals surface area (Å²) in [4.78, 5) is 53.5. The fraction of sp³-hybridized carbons (Fsp3) is 0.448. The van der Waals surface area contributed by atoms with E-state index in [0.29, 0.717) is 18.4 Å². The second-order valence-corrected chi connectivity index (χ2v) is 10.5. The van der Waals surface area contributed by atoms with Gasteiger partial charge in [0.05, 0.1) is 6.42 Å². The van der Waals surface area contributed by atoms with Crippen molar-refractivity contribution in [2.24, 2.45) is 5.73 Å². The van der Waals surface area contributed by atoms with Gasteiger partial charge in [-0.05, 0) is 56.7 Å². The number of nitrogens with two attached hydrogens (primary N) is 1. The van der Waals surface area contributed by atoms with E-state index in [4.69, 9.17) is 10.5 Å². The Kier molecular flexibility index (Phi) is 9.50. The van der Waals surface area contributed by atoms with Gasteiger partial charge in [-0.3, -0.25) is 14.4 Å². The first kappa shape index (κ1) is 28.7. The number of primary amides is 1. The Balaban J connectivity index is 1.94. The predicted molar refractivity (Wildman–Crippen MR) is 144 cm³/mol. The van der Waals surface area contributed by atoms with E-state index in [-0.39, 0.29) is 18.5 Å². The lowest BCUT2D eigenvalue weighted by Gasteiger charge is -2.34. The van der Waals surface area contributed by atoms with Crippen LogP contribution in [-0.4, -0.2) is 46.4 Å². The van der Waals surface area contributed by atoms with Gasteiger partial charge >= 0.3 is 6.09 Å². The van der Waals surface area contributed by atoms with E-state index in [1.807, 2.05) is 61.5 Å². The number of hydrogen-bond donors (Lipinski definition) is 3. The molecule has 2 unspecified atom stereocenters. The van der Waals surface area contributed by atoms with Crippen LogP contribution in [0.4, 0.5) is 4.79 Å². The van der Waals surface area contributed by atoms with Crippen LogP contribution in [-0.2, 0) is 32.1 Å². The molecule has 0 aromatic heterocycles. The predicted octanol–water partition coefficient (Wildman–Crippen LogP) is 3.37. The van der Waals surface area contributed by atoms with Crippen LogP contribution in [0.2, 0.25) is 0 Å². The van der Waals surface area contributed by atoms with Crippen LogP contribution in [0.15, 0.2) is 54.6 Å². The first-order valence-electron chi connectivity index (χ1n) is 13.0. The third-order valence-corrected chi connectivity index (χ3v) is 6.13. The molecule has 9 nitrogen and oxygen atoms in total. The van der Waals surface area contributed by atoms with Gasteiger partial charge in [-0.1, -0.05) is 61.5 Å². The van der Waals surface area contributed by atoms with Crippen LogP contribution >= 0.6 is 0 Å². The molecule has 2 aromatic carbocycles. The van der Waals surface area contributed by atoms with E-state index in [2.05, 4.69) is 10.6 Å². The molecule has 1 aliphatic carbocycles. The fourth-order valence-corrected chi connectivity index (χ4v) is 4.16. The molecule has 3 rings (SSSR count). The lowest BCUT2D eigenvalue weighted by Crippen LogP contribution is -2.54. The molecule has 2 atom stereocenters. The number of carbonyl (C=O) groups excluding carboxylic acids is 4. The number of carbonyl (C=O) groups is 4. The first-order valence-corrected chi connectivity index (χ1v) is 13.0. The first-order chi connectivity index (χ1) is 18.0. The SMILES string of the molecule is CCc1ccc(C(C(=O)NCc2ccccc2)N(C(=O)C(CC(N)=O)NC(=O)OC(C)(C)C)C2CC2)cc1. The molecule has 0 heterocycles. The van der Waals surface area contributed by atoms with E-state index in [0.717, 1.165) is 17.5 Å². The van der Waals surface area contributed by atoms with Crippen molar-refractivity contribution in [3.63, 3.8) is 0 Å². The number of rotatable bonds is 11. The standard InChI is InChI=1S/C29H38N4O5/c1-5-19-11-13-21(14-12-19)25(26(35)31-18-20-9-7-6-8-10-20)33(22-15-16-22)27(36)23(17-24(30)34)32-28(37)38-29(2,3)4/h6-14,22-23,25H,5,15-18H2,1-4H3,(H2,30,34)(H,31,35)(H,32,37). The van der Waals surface area contributed by atoms with Crippen LogP contribution in [0.1, 0.15) is 69.7 Å². The molecule has 4 amide bonds. The average molecular weight is 523 g/mol. The summed E-state index contributed by atoms with van der Waals surface area (Å²) in [6.07, 6.45) is 0.976. The number of hydrogen-bond acceptors (Lipinski definition) is 5. The highest BCUT2D eigenvalue weighted by Gasteiger charge is 2.44. The number of nitrogens with zero attached hydrogens (tertiary/aromatic N) is 1. The Morgan fingerprint density at radius 2 is 1.63 bits per heavy atom. The van der Waals surface area contributed by atoms with Crippen molar-refractivity contribution in [3.8, 4) is 0 Å². The minimum atomic E-state index is -1.28. The highest BCUT2D eigenvalue weighted by atomic mass is 16.6. The van der Waals surface area contributed by atoms with Crippen molar-refractivity contribution in [1.29, 1.82) is 0 Å². The maximum Gasteiger partial charge on any atom is 0.408 e. The van der Waals surface area contributed by atoms with Crippen LogP contribution < -0.4 is 16.4 Å². The van der Waals surface area contributed by atoms with Crippen molar-refractivity contribution >= 4 is 23.8 Å². The Hall–Kier alpha value is -3.88. The summed E-state index contributed by atoms with van der Waals surface area (Å²) in [5.41, 5.74) is 7.29. The lowest BCUT2D eigenvalue weighted by atomic mass is 9.99. The third kappa shape index (κ3) is 8.33. The van der Waals surface area contributed by atoms with Crippen molar-refractivity contribution in [2.45, 2.75) is 83.6 Å². The van der Waals surface area contributed by atoms with Crippen LogP contribution in [0.5, 0.6) is 0 Å². The summed E-state index contributed by atoms with van der Waals surface area (Å²) >= 11 is 0. The van der Waals surface area contributed by atoms with Crippen LogP contribution in [0.3, 0.4) is 0 Å². The number of ether oxygens (including phenoxy) is 1. The maximum atomic E-state index is 13.9. The maximum absolute atomic E-state index is 13.9. The topological polar surface area (TPSA) is 131 Å². The Morgan fingerprint density at radius 3 is 2.16 bits per heavy atom. The molecular weight excluding hydrogens is 484 g/mol. The van der Waals surface area contributed by atoms with Crippen molar-refractivity contribution in [2.75, 3.05) is 0 Å². The average Bonchev–Trinajstić information content (AvgIpc) is 3.69. The van der Waals surface area contributed by atoms with Crippen LogP contribution in [0.25, 0.3) is 0 Å². The second-order valence-electron chi connectivity index (χ2n) is 10.5. The lowest BCUT2D eigenvalue weighted by molar-refractivity contribution is -0.144. The number of aryl methyl sites for hydroxylation is 1. The van der Waals surface area contributed by atoms with Crippen molar-refractivity contribution < 1.29 is 23.9 Å². The van der Waals surface area contributed by atoms with Gasteiger partial charge in [0.25, 0.3) is 0 Å². The second kappa shape index (κ2) is 12.6. The molecule has 0 saturated heterocycles. The molecule has 38 heavy (non-hydrogen) atoms. The molecule has 9 heteroatoms. The van der Waals surface area contributed by atoms with Gasteiger partial charge in [0.15, 0.2) is 0 Å². The molecule has 1 aliphatic rings. The molecule has 0 bridgehead atoms. The summed E-state index contributed by atoms with van der Waals surface area (Å²) in [6, 6.07) is 14.6. The fourth-order valence-electron chi connectivity index (χ4n) is 4.16. The zero-order valence-electron chi connectivity index (χ0n) is 22.5. The summed E-state index contributed by atoms with van der Waals surface area (Å²) in [5, 5.41) is 5.46. The number of nitrogens with one attached hydrogen (secondary N) is 2. The minimum Gasteiger partial charge on any atom is -0.444 e. The molecule has 2 aromatic rings. The van der Waals surface area contributed by atoms with E-state index in [1.54, 1.807) is 20.8 Å². The van der Waals surface area contributed by atoms with Crippen molar-refractivity contribution in [3.05, 3.63) is 71.3 Å². The Labute approximate surface area is 224 Å². The molecular formula is C29H38N4O5. The normalized spacial score (nSPS) is 14.6. The van der Waals surface area contributed by atoms with Gasteiger partial charge in [0.1, 0.15) is 17.7 Å². The molecule has 0 aliphatic heterocycles. The van der Waals surface area contributed by atoms with Crippen molar-refractivity contribution in [1.82, 2.24) is 15.5 Å². The Bertz CT molecular complexity index is 1120. The number of amides is 4. The summed E-state index contributed by atoms with van der Waals surface area (Å²) < 4.78 is 5.31. The summed E-state index contributed by atoms with van der Waals surface area (Å²) in [5.74, 6) is -1.67. The highest BCUT2D eigenvalue weighted by Crippen LogP contribution is 2.36. The molecule has 1 fully saturated rings. The molecule has 4 N–H and O–H groups in total. The van der Waals surface area contributed by atoms with E-state index < -0.39 is 42.0 Å². The Morgan fingerprint density at radius 1 is 1.00 bits per heavy atom. The largest absolute Gasteiger partial charge is 0.444 e. The number of benzene rings is 2. The summed E-state index contributed by atoms with van der Waals surface area (Å²) in [6.45, 7) is 7.41.